The van der Waals surface area contributed by atoms with Crippen molar-refractivity contribution in [2.45, 2.75) is 13.2 Å². The SMILES string of the molecule is C/C=C/C1OC(OC)=C(C(=O)OC)O1. The maximum atomic E-state index is 11.1. The number of rotatable bonds is 3. The van der Waals surface area contributed by atoms with Gasteiger partial charge in [0.15, 0.2) is 0 Å². The number of carbonyl (C=O) groups is 1. The minimum absolute atomic E-state index is 0.0416. The summed E-state index contributed by atoms with van der Waals surface area (Å²) in [5.41, 5.74) is 0. The predicted octanol–water partition coefficient (Wildman–Crippen LogP) is 0.924. The largest absolute Gasteiger partial charge is 0.466 e. The Balaban J connectivity index is 2.75. The number of allylic oxidation sites excluding steroid dienone is 1. The van der Waals surface area contributed by atoms with Crippen LogP contribution in [-0.2, 0) is 23.7 Å². The molecular formula is C9H12O5. The summed E-state index contributed by atoms with van der Waals surface area (Å²) in [4.78, 5) is 11.1. The molecule has 5 nitrogen and oxygen atoms in total. The van der Waals surface area contributed by atoms with Crippen molar-refractivity contribution in [2.24, 2.45) is 0 Å². The van der Waals surface area contributed by atoms with Crippen LogP contribution in [-0.4, -0.2) is 26.5 Å². The summed E-state index contributed by atoms with van der Waals surface area (Å²) in [6.07, 6.45) is 2.77. The van der Waals surface area contributed by atoms with Crippen LogP contribution in [0.3, 0.4) is 0 Å². The van der Waals surface area contributed by atoms with Crippen molar-refractivity contribution in [2.75, 3.05) is 14.2 Å². The van der Waals surface area contributed by atoms with E-state index in [1.54, 1.807) is 12.2 Å². The Morgan fingerprint density at radius 1 is 1.43 bits per heavy atom. The molecule has 1 heterocycles. The third-order valence-electron chi connectivity index (χ3n) is 1.55. The number of esters is 1. The van der Waals surface area contributed by atoms with Crippen LogP contribution in [0.15, 0.2) is 23.9 Å². The highest BCUT2D eigenvalue weighted by Gasteiger charge is 2.32. The van der Waals surface area contributed by atoms with Crippen molar-refractivity contribution in [3.63, 3.8) is 0 Å². The molecule has 0 N–H and O–H groups in total. The van der Waals surface area contributed by atoms with Gasteiger partial charge in [0.25, 0.3) is 12.0 Å². The lowest BCUT2D eigenvalue weighted by Gasteiger charge is -2.04. The van der Waals surface area contributed by atoms with Gasteiger partial charge in [0.05, 0.1) is 14.2 Å². The summed E-state index contributed by atoms with van der Waals surface area (Å²) in [7, 11) is 2.65. The molecule has 0 amide bonds. The van der Waals surface area contributed by atoms with Gasteiger partial charge in [-0.1, -0.05) is 6.08 Å². The zero-order valence-electron chi connectivity index (χ0n) is 8.27. The summed E-state index contributed by atoms with van der Waals surface area (Å²) in [6, 6.07) is 0. The van der Waals surface area contributed by atoms with E-state index in [-0.39, 0.29) is 11.7 Å². The first-order chi connectivity index (χ1) is 6.72. The topological polar surface area (TPSA) is 54.0 Å². The van der Waals surface area contributed by atoms with Crippen LogP contribution in [0, 0.1) is 0 Å². The van der Waals surface area contributed by atoms with Gasteiger partial charge in [-0.2, -0.15) is 0 Å². The second kappa shape index (κ2) is 4.55. The molecule has 0 bridgehead atoms. The van der Waals surface area contributed by atoms with E-state index < -0.39 is 12.3 Å². The molecule has 1 aliphatic rings. The molecule has 1 unspecified atom stereocenters. The Kier molecular flexibility index (Phi) is 3.39. The summed E-state index contributed by atoms with van der Waals surface area (Å²) < 4.78 is 19.6. The van der Waals surface area contributed by atoms with Gasteiger partial charge in [-0.15, -0.1) is 0 Å². The molecular weight excluding hydrogens is 188 g/mol. The van der Waals surface area contributed by atoms with E-state index >= 15 is 0 Å². The molecule has 0 aliphatic carbocycles. The quantitative estimate of drug-likeness (QED) is 0.501. The molecule has 0 aromatic heterocycles. The Morgan fingerprint density at radius 3 is 2.64 bits per heavy atom. The third kappa shape index (κ3) is 1.99. The second-order valence-corrected chi connectivity index (χ2v) is 2.44. The van der Waals surface area contributed by atoms with Crippen LogP contribution < -0.4 is 0 Å². The fourth-order valence-corrected chi connectivity index (χ4v) is 0.948. The molecule has 0 saturated heterocycles. The van der Waals surface area contributed by atoms with Crippen LogP contribution in [0.25, 0.3) is 0 Å². The molecule has 0 radical (unpaired) electrons. The fraction of sp³-hybridized carbons (Fsp3) is 0.444. The van der Waals surface area contributed by atoms with Gasteiger partial charge in [-0.25, -0.2) is 4.79 Å². The average Bonchev–Trinajstić information content (AvgIpc) is 2.60. The summed E-state index contributed by atoms with van der Waals surface area (Å²) >= 11 is 0. The lowest BCUT2D eigenvalue weighted by Crippen LogP contribution is -2.09. The number of carbonyl (C=O) groups excluding carboxylic acids is 1. The van der Waals surface area contributed by atoms with E-state index in [2.05, 4.69) is 4.74 Å². The lowest BCUT2D eigenvalue weighted by molar-refractivity contribution is -0.141. The third-order valence-corrected chi connectivity index (χ3v) is 1.55. The van der Waals surface area contributed by atoms with Gasteiger partial charge in [0, 0.05) is 0 Å². The van der Waals surface area contributed by atoms with Crippen LogP contribution >= 0.6 is 0 Å². The summed E-state index contributed by atoms with van der Waals surface area (Å²) in [5, 5.41) is 0. The number of methoxy groups -OCH3 is 2. The first kappa shape index (κ1) is 10.4. The molecule has 0 aromatic rings. The highest BCUT2D eigenvalue weighted by molar-refractivity contribution is 5.86. The molecule has 1 atom stereocenters. The number of ether oxygens (including phenoxy) is 4. The van der Waals surface area contributed by atoms with Gasteiger partial charge in [0.2, 0.25) is 0 Å². The molecule has 5 heteroatoms. The zero-order valence-corrected chi connectivity index (χ0v) is 8.27. The molecule has 1 rings (SSSR count). The van der Waals surface area contributed by atoms with Crippen molar-refractivity contribution in [1.29, 1.82) is 0 Å². The summed E-state index contributed by atoms with van der Waals surface area (Å²) in [6.45, 7) is 1.81. The van der Waals surface area contributed by atoms with E-state index in [0.717, 1.165) is 0 Å². The first-order valence-corrected chi connectivity index (χ1v) is 4.05. The normalized spacial score (nSPS) is 20.6. The van der Waals surface area contributed by atoms with Crippen molar-refractivity contribution in [1.82, 2.24) is 0 Å². The number of hydrogen-bond donors (Lipinski definition) is 0. The average molecular weight is 200 g/mol. The maximum Gasteiger partial charge on any atom is 0.381 e. The molecule has 78 valence electrons. The minimum atomic E-state index is -0.621. The fourth-order valence-electron chi connectivity index (χ4n) is 0.948. The predicted molar refractivity (Wildman–Crippen MR) is 46.8 cm³/mol. The van der Waals surface area contributed by atoms with Gasteiger partial charge < -0.3 is 18.9 Å². The molecule has 0 spiro atoms. The Bertz CT molecular complexity index is 279. The van der Waals surface area contributed by atoms with Crippen LogP contribution in [0.4, 0.5) is 0 Å². The molecule has 1 aliphatic heterocycles. The van der Waals surface area contributed by atoms with E-state index in [1.165, 1.54) is 14.2 Å². The maximum absolute atomic E-state index is 11.1. The standard InChI is InChI=1S/C9H12O5/c1-4-5-6-13-7(8(10)11-2)9(12-3)14-6/h4-6H,1-3H3/b5-4+. The van der Waals surface area contributed by atoms with Crippen molar-refractivity contribution in [3.05, 3.63) is 23.9 Å². The molecule has 0 aromatic carbocycles. The van der Waals surface area contributed by atoms with E-state index in [1.807, 2.05) is 6.92 Å². The second-order valence-electron chi connectivity index (χ2n) is 2.44. The first-order valence-electron chi connectivity index (χ1n) is 4.05. The zero-order chi connectivity index (χ0) is 10.6. The minimum Gasteiger partial charge on any atom is -0.466 e. The lowest BCUT2D eigenvalue weighted by atomic mass is 10.5. The monoisotopic (exact) mass is 200 g/mol. The van der Waals surface area contributed by atoms with Crippen molar-refractivity contribution < 1.29 is 23.7 Å². The van der Waals surface area contributed by atoms with E-state index in [9.17, 15) is 4.79 Å². The van der Waals surface area contributed by atoms with E-state index in [4.69, 9.17) is 14.2 Å². The van der Waals surface area contributed by atoms with Crippen LogP contribution in [0.2, 0.25) is 0 Å². The highest BCUT2D eigenvalue weighted by atomic mass is 16.8. The van der Waals surface area contributed by atoms with Crippen LogP contribution in [0.1, 0.15) is 6.92 Å². The summed E-state index contributed by atoms with van der Waals surface area (Å²) in [5.74, 6) is -0.619. The Hall–Kier alpha value is -1.65. The molecule has 0 fully saturated rings. The highest BCUT2D eigenvalue weighted by Crippen LogP contribution is 2.23. The van der Waals surface area contributed by atoms with Gasteiger partial charge in [-0.05, 0) is 13.0 Å². The van der Waals surface area contributed by atoms with Gasteiger partial charge >= 0.3 is 11.9 Å². The Labute approximate surface area is 81.9 Å². The smallest absolute Gasteiger partial charge is 0.381 e. The van der Waals surface area contributed by atoms with E-state index in [0.29, 0.717) is 0 Å². The number of hydrogen-bond acceptors (Lipinski definition) is 5. The van der Waals surface area contributed by atoms with Crippen molar-refractivity contribution in [3.8, 4) is 0 Å². The van der Waals surface area contributed by atoms with Crippen molar-refractivity contribution >= 4 is 5.97 Å². The van der Waals surface area contributed by atoms with Gasteiger partial charge in [-0.3, -0.25) is 0 Å². The molecule has 0 saturated carbocycles. The molecule has 14 heavy (non-hydrogen) atoms. The van der Waals surface area contributed by atoms with Gasteiger partial charge in [0.1, 0.15) is 0 Å². The van der Waals surface area contributed by atoms with Crippen LogP contribution in [0.5, 0.6) is 0 Å². The Morgan fingerprint density at radius 2 is 2.14 bits per heavy atom.